The third kappa shape index (κ3) is 5.82. The number of benzene rings is 9. The molecule has 2 heterocycles. The lowest BCUT2D eigenvalue weighted by atomic mass is 9.82. The minimum absolute atomic E-state index is 0.0423. The summed E-state index contributed by atoms with van der Waals surface area (Å²) in [4.78, 5) is 0. The first-order valence-electron chi connectivity index (χ1n) is 19.5. The summed E-state index contributed by atoms with van der Waals surface area (Å²) >= 11 is 0. The summed E-state index contributed by atoms with van der Waals surface area (Å²) in [5.41, 5.74) is 16.5. The first-order valence-corrected chi connectivity index (χ1v) is 19.5. The van der Waals surface area contributed by atoms with E-state index in [0.29, 0.717) is 0 Å². The van der Waals surface area contributed by atoms with Crippen LogP contribution in [0.15, 0.2) is 221 Å². The highest BCUT2D eigenvalue weighted by Gasteiger charge is 2.21. The van der Waals surface area contributed by atoms with Gasteiger partial charge in [-0.25, -0.2) is 0 Å². The van der Waals surface area contributed by atoms with Crippen molar-refractivity contribution in [3.8, 4) is 44.5 Å². The molecule has 57 heavy (non-hydrogen) atoms. The quantitative estimate of drug-likeness (QED) is 0.153. The highest BCUT2D eigenvalue weighted by Crippen LogP contribution is 2.41. The van der Waals surface area contributed by atoms with Crippen LogP contribution in [0.4, 0.5) is 0 Å². The molecule has 11 aromatic rings. The molecule has 0 unspecified atom stereocenters. The predicted molar refractivity (Wildman–Crippen MR) is 237 cm³/mol. The molecule has 0 saturated heterocycles. The molecule has 2 heteroatoms. The Bertz CT molecular complexity index is 3080. The molecule has 2 aromatic heterocycles. The van der Waals surface area contributed by atoms with Gasteiger partial charge in [0.15, 0.2) is 0 Å². The summed E-state index contributed by atoms with van der Waals surface area (Å²) < 4.78 is 13.0. The van der Waals surface area contributed by atoms with Gasteiger partial charge in [0.05, 0.1) is 0 Å². The van der Waals surface area contributed by atoms with Crippen molar-refractivity contribution < 1.29 is 8.83 Å². The van der Waals surface area contributed by atoms with E-state index in [1.807, 2.05) is 24.3 Å². The lowest BCUT2D eigenvalue weighted by Crippen LogP contribution is -2.04. The summed E-state index contributed by atoms with van der Waals surface area (Å²) in [7, 11) is 0. The molecule has 0 bridgehead atoms. The molecule has 0 aliphatic carbocycles. The maximum atomic E-state index is 6.51. The minimum Gasteiger partial charge on any atom is -0.455 e. The average Bonchev–Trinajstić information content (AvgIpc) is 3.86. The molecule has 9 aromatic carbocycles. The largest absolute Gasteiger partial charge is 0.455 e. The maximum absolute atomic E-state index is 6.51. The fourth-order valence-corrected chi connectivity index (χ4v) is 8.67. The van der Waals surface area contributed by atoms with Crippen LogP contribution in [0.5, 0.6) is 0 Å². The Kier molecular flexibility index (Phi) is 7.93. The van der Waals surface area contributed by atoms with Crippen LogP contribution in [0.3, 0.4) is 0 Å². The van der Waals surface area contributed by atoms with E-state index in [1.54, 1.807) is 0 Å². The highest BCUT2D eigenvalue weighted by molar-refractivity contribution is 6.10. The lowest BCUT2D eigenvalue weighted by Gasteiger charge is -2.21. The van der Waals surface area contributed by atoms with E-state index in [4.69, 9.17) is 8.83 Å². The number of fused-ring (bicyclic) bond motifs is 6. The van der Waals surface area contributed by atoms with E-state index >= 15 is 0 Å². The Balaban J connectivity index is 1.05. The second-order valence-corrected chi connectivity index (χ2v) is 14.8. The molecule has 0 N–H and O–H groups in total. The maximum Gasteiger partial charge on any atom is 0.143 e. The molecule has 0 saturated carbocycles. The molecule has 0 aliphatic rings. The van der Waals surface area contributed by atoms with Gasteiger partial charge in [-0.3, -0.25) is 0 Å². The first-order chi connectivity index (χ1) is 28.2. The Morgan fingerprint density at radius 1 is 0.263 bits per heavy atom. The Morgan fingerprint density at radius 3 is 1.25 bits per heavy atom. The van der Waals surface area contributed by atoms with Crippen LogP contribution < -0.4 is 0 Å². The third-order valence-electron chi connectivity index (χ3n) is 11.4. The molecular formula is C55H36O2. The Hall–Kier alpha value is -7.42. The minimum atomic E-state index is -0.0423. The van der Waals surface area contributed by atoms with E-state index in [9.17, 15) is 0 Å². The van der Waals surface area contributed by atoms with Crippen molar-refractivity contribution in [2.24, 2.45) is 0 Å². The van der Waals surface area contributed by atoms with Gasteiger partial charge in [-0.2, -0.15) is 0 Å². The molecular weight excluding hydrogens is 693 g/mol. The predicted octanol–water partition coefficient (Wildman–Crippen LogP) is 15.3. The highest BCUT2D eigenvalue weighted by atomic mass is 16.3. The van der Waals surface area contributed by atoms with Gasteiger partial charge in [0.1, 0.15) is 22.3 Å². The van der Waals surface area contributed by atoms with Crippen LogP contribution in [-0.2, 0) is 0 Å². The van der Waals surface area contributed by atoms with Crippen molar-refractivity contribution >= 4 is 43.9 Å². The summed E-state index contributed by atoms with van der Waals surface area (Å²) in [6.07, 6.45) is 0. The monoisotopic (exact) mass is 728 g/mol. The summed E-state index contributed by atoms with van der Waals surface area (Å²) in [5, 5.41) is 4.53. The molecule has 0 spiro atoms. The van der Waals surface area contributed by atoms with Gasteiger partial charge in [0, 0.05) is 38.6 Å². The lowest BCUT2D eigenvalue weighted by molar-refractivity contribution is 0.669. The normalized spacial score (nSPS) is 11.7. The van der Waals surface area contributed by atoms with Gasteiger partial charge in [-0.05, 0) is 68.3 Å². The number of hydrogen-bond acceptors (Lipinski definition) is 2. The summed E-state index contributed by atoms with van der Waals surface area (Å²) in [5.74, 6) is -0.0423. The van der Waals surface area contributed by atoms with Crippen molar-refractivity contribution in [3.63, 3.8) is 0 Å². The molecule has 2 nitrogen and oxygen atoms in total. The standard InChI is InChI=1S/C55H36O2/c1-2-13-36(14-3-1)39-15-8-16-40(33-39)37-29-31-38(32-30-37)53(43-19-9-17-41(34-43)45-23-11-25-49-47-21-4-6-27-51(47)56-54(45)49)44-20-10-18-42(35-44)46-24-12-26-50-48-22-5-7-28-52(48)57-55(46)50/h1-35,53H. The van der Waals surface area contributed by atoms with Crippen LogP contribution in [0, 0.1) is 0 Å². The molecule has 0 fully saturated rings. The molecule has 11 rings (SSSR count). The van der Waals surface area contributed by atoms with E-state index in [2.05, 4.69) is 188 Å². The summed E-state index contributed by atoms with van der Waals surface area (Å²) in [6, 6.07) is 76.0. The van der Waals surface area contributed by atoms with E-state index < -0.39 is 0 Å². The Morgan fingerprint density at radius 2 is 0.684 bits per heavy atom. The number of para-hydroxylation sites is 4. The van der Waals surface area contributed by atoms with Crippen LogP contribution in [0.25, 0.3) is 88.4 Å². The fourth-order valence-electron chi connectivity index (χ4n) is 8.67. The van der Waals surface area contributed by atoms with Crippen molar-refractivity contribution in [3.05, 3.63) is 229 Å². The van der Waals surface area contributed by atoms with Crippen molar-refractivity contribution in [2.45, 2.75) is 5.92 Å². The van der Waals surface area contributed by atoms with Gasteiger partial charge in [-0.1, -0.05) is 194 Å². The molecule has 0 aliphatic heterocycles. The molecule has 0 atom stereocenters. The topological polar surface area (TPSA) is 26.3 Å². The third-order valence-corrected chi connectivity index (χ3v) is 11.4. The van der Waals surface area contributed by atoms with Crippen molar-refractivity contribution in [1.29, 1.82) is 0 Å². The van der Waals surface area contributed by atoms with Gasteiger partial charge in [0.25, 0.3) is 0 Å². The zero-order valence-electron chi connectivity index (χ0n) is 31.1. The SMILES string of the molecule is c1ccc(-c2cccc(-c3ccc(C(c4cccc(-c5cccc6c5oc5ccccc56)c4)c4cccc(-c5cccc6c5oc5ccccc56)c4)cc3)c2)cc1. The zero-order chi connectivity index (χ0) is 37.7. The van der Waals surface area contributed by atoms with E-state index in [0.717, 1.165) is 66.1 Å². The number of furan rings is 2. The smallest absolute Gasteiger partial charge is 0.143 e. The number of hydrogen-bond donors (Lipinski definition) is 0. The second kappa shape index (κ2) is 13.7. The van der Waals surface area contributed by atoms with Crippen LogP contribution >= 0.6 is 0 Å². The Labute approximate surface area is 330 Å². The second-order valence-electron chi connectivity index (χ2n) is 14.8. The first kappa shape index (κ1) is 33.0. The van der Waals surface area contributed by atoms with E-state index in [1.165, 1.54) is 38.9 Å². The van der Waals surface area contributed by atoms with Gasteiger partial charge in [-0.15, -0.1) is 0 Å². The van der Waals surface area contributed by atoms with E-state index in [-0.39, 0.29) is 5.92 Å². The van der Waals surface area contributed by atoms with Crippen molar-refractivity contribution in [2.75, 3.05) is 0 Å². The molecule has 0 radical (unpaired) electrons. The molecule has 268 valence electrons. The van der Waals surface area contributed by atoms with Crippen molar-refractivity contribution in [1.82, 2.24) is 0 Å². The van der Waals surface area contributed by atoms with Crippen LogP contribution in [0.1, 0.15) is 22.6 Å². The van der Waals surface area contributed by atoms with Crippen LogP contribution in [0.2, 0.25) is 0 Å². The average molecular weight is 729 g/mol. The van der Waals surface area contributed by atoms with Gasteiger partial charge >= 0.3 is 0 Å². The van der Waals surface area contributed by atoms with Gasteiger partial charge in [0.2, 0.25) is 0 Å². The van der Waals surface area contributed by atoms with Crippen LogP contribution in [-0.4, -0.2) is 0 Å². The fraction of sp³-hybridized carbons (Fsp3) is 0.0182. The molecule has 0 amide bonds. The number of rotatable bonds is 7. The van der Waals surface area contributed by atoms with Gasteiger partial charge < -0.3 is 8.83 Å². The zero-order valence-corrected chi connectivity index (χ0v) is 31.1. The summed E-state index contributed by atoms with van der Waals surface area (Å²) in [6.45, 7) is 0.